The van der Waals surface area contributed by atoms with Crippen molar-refractivity contribution in [1.29, 1.82) is 0 Å². The second kappa shape index (κ2) is 4.85. The summed E-state index contributed by atoms with van der Waals surface area (Å²) in [5.41, 5.74) is 4.11. The molecule has 0 atom stereocenters. The summed E-state index contributed by atoms with van der Waals surface area (Å²) in [6.07, 6.45) is 0. The number of benzene rings is 1. The minimum absolute atomic E-state index is 0.0784. The van der Waals surface area contributed by atoms with Crippen LogP contribution in [0.3, 0.4) is 0 Å². The molecule has 0 bridgehead atoms. The summed E-state index contributed by atoms with van der Waals surface area (Å²) < 4.78 is 7.23. The van der Waals surface area contributed by atoms with E-state index in [4.69, 9.17) is 4.74 Å². The Balaban J connectivity index is 2.25. The van der Waals surface area contributed by atoms with Crippen molar-refractivity contribution in [2.24, 2.45) is 0 Å². The van der Waals surface area contributed by atoms with Gasteiger partial charge in [-0.25, -0.2) is 0 Å². The molecule has 0 radical (unpaired) electrons. The van der Waals surface area contributed by atoms with Crippen LogP contribution in [0.25, 0.3) is 10.4 Å². The van der Waals surface area contributed by atoms with Gasteiger partial charge in [0.15, 0.2) is 0 Å². The van der Waals surface area contributed by atoms with E-state index in [-0.39, 0.29) is 10.8 Å². The van der Waals surface area contributed by atoms with Gasteiger partial charge in [-0.05, 0) is 51.2 Å². The highest BCUT2D eigenvalue weighted by Gasteiger charge is 2.36. The van der Waals surface area contributed by atoms with E-state index in [0.29, 0.717) is 0 Å². The molecule has 0 saturated heterocycles. The van der Waals surface area contributed by atoms with Crippen LogP contribution >= 0.6 is 27.3 Å². The van der Waals surface area contributed by atoms with Crippen LogP contribution in [0.1, 0.15) is 45.7 Å². The first-order valence-corrected chi connectivity index (χ1v) is 8.87. The number of fused-ring (bicyclic) bond motifs is 1. The second-order valence-electron chi connectivity index (χ2n) is 7.43. The van der Waals surface area contributed by atoms with Gasteiger partial charge in [0, 0.05) is 21.4 Å². The Hall–Kier alpha value is -0.800. The molecule has 1 aliphatic rings. The molecule has 0 aliphatic carbocycles. The highest BCUT2D eigenvalue weighted by molar-refractivity contribution is 9.11. The lowest BCUT2D eigenvalue weighted by Gasteiger charge is -2.24. The van der Waals surface area contributed by atoms with Crippen LogP contribution in [0.5, 0.6) is 5.75 Å². The third-order valence-corrected chi connectivity index (χ3v) is 5.73. The van der Waals surface area contributed by atoms with Crippen LogP contribution in [0.2, 0.25) is 0 Å². The van der Waals surface area contributed by atoms with E-state index in [1.54, 1.807) is 11.3 Å². The third-order valence-electron chi connectivity index (χ3n) is 4.06. The molecule has 3 rings (SSSR count). The van der Waals surface area contributed by atoms with E-state index in [1.807, 2.05) is 0 Å². The molecule has 112 valence electrons. The lowest BCUT2D eigenvalue weighted by Crippen LogP contribution is -2.18. The van der Waals surface area contributed by atoms with Crippen molar-refractivity contribution in [2.75, 3.05) is 6.61 Å². The van der Waals surface area contributed by atoms with Gasteiger partial charge in [-0.15, -0.1) is 11.3 Å². The molecule has 0 saturated carbocycles. The molecule has 2 aromatic rings. The Labute approximate surface area is 139 Å². The normalized spacial score (nSPS) is 16.7. The van der Waals surface area contributed by atoms with E-state index in [0.717, 1.165) is 12.4 Å². The Morgan fingerprint density at radius 1 is 1.19 bits per heavy atom. The predicted molar refractivity (Wildman–Crippen MR) is 94.7 cm³/mol. The molecule has 0 fully saturated rings. The molecular formula is C18H21BrOS. The molecule has 0 spiro atoms. The highest BCUT2D eigenvalue weighted by atomic mass is 79.9. The summed E-state index contributed by atoms with van der Waals surface area (Å²) in [6, 6.07) is 8.92. The van der Waals surface area contributed by atoms with E-state index in [1.165, 1.54) is 25.4 Å². The van der Waals surface area contributed by atoms with Crippen LogP contribution in [-0.2, 0) is 10.8 Å². The quantitative estimate of drug-likeness (QED) is 0.589. The maximum Gasteiger partial charge on any atom is 0.126 e. The summed E-state index contributed by atoms with van der Waals surface area (Å²) in [5, 5.41) is 0. The van der Waals surface area contributed by atoms with Gasteiger partial charge in [0.05, 0.1) is 10.4 Å². The molecule has 0 amide bonds. The van der Waals surface area contributed by atoms with Gasteiger partial charge >= 0.3 is 0 Å². The van der Waals surface area contributed by atoms with Crippen LogP contribution < -0.4 is 4.74 Å². The number of ether oxygens (including phenoxy) is 1. The largest absolute Gasteiger partial charge is 0.492 e. The molecule has 1 aromatic heterocycles. The molecule has 3 heteroatoms. The number of hydrogen-bond donors (Lipinski definition) is 0. The van der Waals surface area contributed by atoms with Crippen LogP contribution in [-0.4, -0.2) is 6.61 Å². The highest BCUT2D eigenvalue weighted by Crippen LogP contribution is 2.47. The zero-order valence-corrected chi connectivity index (χ0v) is 15.6. The maximum atomic E-state index is 6.06. The first-order valence-electron chi connectivity index (χ1n) is 7.26. The molecule has 0 unspecified atom stereocenters. The lowest BCUT2D eigenvalue weighted by atomic mass is 9.79. The molecule has 1 nitrogen and oxygen atoms in total. The fourth-order valence-electron chi connectivity index (χ4n) is 2.79. The van der Waals surface area contributed by atoms with Gasteiger partial charge in [0.2, 0.25) is 0 Å². The SMILES string of the molecule is CC(C)(C)c1cc(-c2ccc(Br)s2)cc2c1OCC2(C)C. The van der Waals surface area contributed by atoms with Crippen LogP contribution in [0.15, 0.2) is 28.1 Å². The van der Waals surface area contributed by atoms with Crippen molar-refractivity contribution >= 4 is 27.3 Å². The summed E-state index contributed by atoms with van der Waals surface area (Å²) in [6.45, 7) is 12.1. The molecule has 1 aliphatic heterocycles. The van der Waals surface area contributed by atoms with Crippen molar-refractivity contribution in [3.63, 3.8) is 0 Å². The zero-order chi connectivity index (χ0) is 15.4. The number of hydrogen-bond acceptors (Lipinski definition) is 2. The molecular weight excluding hydrogens is 344 g/mol. The molecule has 21 heavy (non-hydrogen) atoms. The Morgan fingerprint density at radius 3 is 2.48 bits per heavy atom. The molecule has 2 heterocycles. The zero-order valence-electron chi connectivity index (χ0n) is 13.2. The minimum Gasteiger partial charge on any atom is -0.492 e. The second-order valence-corrected chi connectivity index (χ2v) is 9.89. The maximum absolute atomic E-state index is 6.06. The van der Waals surface area contributed by atoms with Crippen LogP contribution in [0.4, 0.5) is 0 Å². The fraction of sp³-hybridized carbons (Fsp3) is 0.444. The first-order chi connectivity index (χ1) is 9.68. The van der Waals surface area contributed by atoms with E-state index < -0.39 is 0 Å². The van der Waals surface area contributed by atoms with Gasteiger partial charge in [-0.3, -0.25) is 0 Å². The Bertz CT molecular complexity index is 692. The van der Waals surface area contributed by atoms with Gasteiger partial charge in [-0.2, -0.15) is 0 Å². The van der Waals surface area contributed by atoms with Crippen molar-refractivity contribution in [3.8, 4) is 16.2 Å². The Morgan fingerprint density at radius 2 is 1.90 bits per heavy atom. The van der Waals surface area contributed by atoms with E-state index in [2.05, 4.69) is 74.8 Å². The van der Waals surface area contributed by atoms with Crippen LogP contribution in [0, 0.1) is 0 Å². The van der Waals surface area contributed by atoms with Gasteiger partial charge in [-0.1, -0.05) is 34.6 Å². The number of thiophene rings is 1. The smallest absolute Gasteiger partial charge is 0.126 e. The topological polar surface area (TPSA) is 9.23 Å². The standard InChI is InChI=1S/C18H21BrOS/c1-17(2,3)12-8-11(14-6-7-15(19)21-14)9-13-16(12)20-10-18(13,4)5/h6-9H,10H2,1-5H3. The summed E-state index contributed by atoms with van der Waals surface area (Å²) in [7, 11) is 0. The molecule has 1 aromatic carbocycles. The predicted octanol–water partition coefficient (Wildman–Crippen LogP) is 6.15. The minimum atomic E-state index is 0.0784. The number of rotatable bonds is 1. The first kappa shape index (κ1) is 15.1. The van der Waals surface area contributed by atoms with Crippen molar-refractivity contribution in [1.82, 2.24) is 0 Å². The van der Waals surface area contributed by atoms with Gasteiger partial charge in [0.25, 0.3) is 0 Å². The Kier molecular flexibility index (Phi) is 3.49. The van der Waals surface area contributed by atoms with Crippen molar-refractivity contribution < 1.29 is 4.74 Å². The lowest BCUT2D eigenvalue weighted by molar-refractivity contribution is 0.286. The van der Waals surface area contributed by atoms with Gasteiger partial charge < -0.3 is 4.74 Å². The monoisotopic (exact) mass is 364 g/mol. The average molecular weight is 365 g/mol. The third kappa shape index (κ3) is 2.66. The van der Waals surface area contributed by atoms with Crippen molar-refractivity contribution in [2.45, 2.75) is 45.4 Å². The summed E-state index contributed by atoms with van der Waals surface area (Å²) in [5.74, 6) is 1.10. The fourth-order valence-corrected chi connectivity index (χ4v) is 4.16. The van der Waals surface area contributed by atoms with Gasteiger partial charge in [0.1, 0.15) is 5.75 Å². The van der Waals surface area contributed by atoms with Crippen molar-refractivity contribution in [3.05, 3.63) is 39.2 Å². The molecule has 0 N–H and O–H groups in total. The summed E-state index contributed by atoms with van der Waals surface area (Å²) in [4.78, 5) is 1.30. The summed E-state index contributed by atoms with van der Waals surface area (Å²) >= 11 is 5.35. The number of halogens is 1. The van der Waals surface area contributed by atoms with E-state index >= 15 is 0 Å². The van der Waals surface area contributed by atoms with E-state index in [9.17, 15) is 0 Å². The average Bonchev–Trinajstić information content (AvgIpc) is 2.92.